The first kappa shape index (κ1) is 26.2. The lowest BCUT2D eigenvalue weighted by Gasteiger charge is -2.39. The third kappa shape index (κ3) is 5.63. The Labute approximate surface area is 206 Å². The number of H-pyrrole nitrogens is 1. The number of piperidine rings is 1. The number of nitrogens with zero attached hydrogens (tertiary/aromatic N) is 2. The standard InChI is InChI=1S/C26H36ClFN4O2/c1-6-8-20-22(26(34)30-17(4)24(20)28)15-29-25(33)21-13-18(27)14-23(16(21)3)32(7-2)19-9-11-31(5)12-10-19/h13-14,19H,6-12,15H2,1-5H3,(H,29,33)(H,30,34). The van der Waals surface area contributed by atoms with Crippen LogP contribution in [0.5, 0.6) is 0 Å². The van der Waals surface area contributed by atoms with E-state index in [0.717, 1.165) is 43.7 Å². The maximum absolute atomic E-state index is 14.7. The van der Waals surface area contributed by atoms with E-state index < -0.39 is 5.82 Å². The summed E-state index contributed by atoms with van der Waals surface area (Å²) < 4.78 is 14.7. The van der Waals surface area contributed by atoms with Crippen molar-refractivity contribution in [3.05, 3.63) is 61.3 Å². The molecule has 186 valence electrons. The van der Waals surface area contributed by atoms with E-state index in [-0.39, 0.29) is 29.3 Å². The molecule has 1 aromatic heterocycles. The van der Waals surface area contributed by atoms with Crippen molar-refractivity contribution >= 4 is 23.2 Å². The fourth-order valence-electron chi connectivity index (χ4n) is 4.89. The van der Waals surface area contributed by atoms with Crippen LogP contribution >= 0.6 is 11.6 Å². The van der Waals surface area contributed by atoms with Crippen LogP contribution in [-0.2, 0) is 13.0 Å². The SMILES string of the molecule is CCCc1c(F)c(C)[nH]c(=O)c1CNC(=O)c1cc(Cl)cc(N(CC)C2CCN(C)CC2)c1C. The van der Waals surface area contributed by atoms with Crippen LogP contribution in [0.1, 0.15) is 65.9 Å². The van der Waals surface area contributed by atoms with Gasteiger partial charge in [-0.1, -0.05) is 24.9 Å². The third-order valence-electron chi connectivity index (χ3n) is 6.83. The number of aromatic nitrogens is 1. The van der Waals surface area contributed by atoms with Gasteiger partial charge in [0.15, 0.2) is 0 Å². The van der Waals surface area contributed by atoms with Crippen LogP contribution in [0.2, 0.25) is 5.02 Å². The summed E-state index contributed by atoms with van der Waals surface area (Å²) in [5, 5.41) is 3.32. The molecular formula is C26H36ClFN4O2. The first-order valence-electron chi connectivity index (χ1n) is 12.1. The van der Waals surface area contributed by atoms with Gasteiger partial charge in [-0.25, -0.2) is 4.39 Å². The summed E-state index contributed by atoms with van der Waals surface area (Å²) in [4.78, 5) is 33.0. The van der Waals surface area contributed by atoms with E-state index in [9.17, 15) is 14.0 Å². The van der Waals surface area contributed by atoms with Gasteiger partial charge in [0.05, 0.1) is 5.69 Å². The van der Waals surface area contributed by atoms with Crippen molar-refractivity contribution in [2.75, 3.05) is 31.6 Å². The molecule has 34 heavy (non-hydrogen) atoms. The number of pyridine rings is 1. The number of aryl methyl sites for hydroxylation is 1. The van der Waals surface area contributed by atoms with Gasteiger partial charge in [-0.3, -0.25) is 9.59 Å². The monoisotopic (exact) mass is 490 g/mol. The Morgan fingerprint density at radius 3 is 2.53 bits per heavy atom. The Hall–Kier alpha value is -2.38. The van der Waals surface area contributed by atoms with Crippen molar-refractivity contribution in [2.24, 2.45) is 0 Å². The van der Waals surface area contributed by atoms with Crippen LogP contribution in [-0.4, -0.2) is 48.5 Å². The molecule has 1 fully saturated rings. The zero-order chi connectivity index (χ0) is 25.0. The average molecular weight is 491 g/mol. The van der Waals surface area contributed by atoms with Crippen molar-refractivity contribution in [2.45, 2.75) is 66.0 Å². The molecule has 0 unspecified atom stereocenters. The number of carbonyl (C=O) groups excluding carboxylic acids is 1. The van der Waals surface area contributed by atoms with Gasteiger partial charge in [-0.15, -0.1) is 0 Å². The largest absolute Gasteiger partial charge is 0.368 e. The van der Waals surface area contributed by atoms with Crippen molar-refractivity contribution in [1.82, 2.24) is 15.2 Å². The molecule has 0 aliphatic carbocycles. The van der Waals surface area contributed by atoms with Gasteiger partial charge in [0.25, 0.3) is 11.5 Å². The number of rotatable bonds is 8. The average Bonchev–Trinajstić information content (AvgIpc) is 2.80. The number of halogens is 2. The molecule has 1 amide bonds. The fraction of sp³-hybridized carbons (Fsp3) is 0.538. The zero-order valence-corrected chi connectivity index (χ0v) is 21.6. The Morgan fingerprint density at radius 2 is 1.91 bits per heavy atom. The van der Waals surface area contributed by atoms with Crippen LogP contribution in [0.15, 0.2) is 16.9 Å². The van der Waals surface area contributed by atoms with Gasteiger partial charge in [-0.2, -0.15) is 0 Å². The predicted molar refractivity (Wildman–Crippen MR) is 137 cm³/mol. The molecule has 2 heterocycles. The van der Waals surface area contributed by atoms with E-state index in [4.69, 9.17) is 11.6 Å². The van der Waals surface area contributed by atoms with Crippen molar-refractivity contribution in [3.8, 4) is 0 Å². The molecule has 0 spiro atoms. The van der Waals surface area contributed by atoms with Crippen LogP contribution in [0, 0.1) is 19.7 Å². The lowest BCUT2D eigenvalue weighted by molar-refractivity contribution is 0.0950. The molecule has 2 aromatic rings. The van der Waals surface area contributed by atoms with E-state index in [1.165, 1.54) is 0 Å². The third-order valence-corrected chi connectivity index (χ3v) is 7.05. The molecule has 0 radical (unpaired) electrons. The van der Waals surface area contributed by atoms with Crippen molar-refractivity contribution in [3.63, 3.8) is 0 Å². The molecule has 6 nitrogen and oxygen atoms in total. The molecule has 0 saturated carbocycles. The van der Waals surface area contributed by atoms with Gasteiger partial charge in [0, 0.05) is 46.5 Å². The summed E-state index contributed by atoms with van der Waals surface area (Å²) in [5.41, 5.74) is 2.75. The molecule has 1 saturated heterocycles. The van der Waals surface area contributed by atoms with E-state index in [1.54, 1.807) is 13.0 Å². The maximum Gasteiger partial charge on any atom is 0.253 e. The Balaban J connectivity index is 1.87. The van der Waals surface area contributed by atoms with Gasteiger partial charge in [0.1, 0.15) is 5.82 Å². The highest BCUT2D eigenvalue weighted by atomic mass is 35.5. The number of amides is 1. The molecule has 2 N–H and O–H groups in total. The Kier molecular flexibility index (Phi) is 8.77. The topological polar surface area (TPSA) is 68.4 Å². The normalized spacial score (nSPS) is 14.9. The highest BCUT2D eigenvalue weighted by molar-refractivity contribution is 6.31. The quantitative estimate of drug-likeness (QED) is 0.568. The molecule has 1 aliphatic rings. The predicted octanol–water partition coefficient (Wildman–Crippen LogP) is 4.59. The van der Waals surface area contributed by atoms with Crippen molar-refractivity contribution in [1.29, 1.82) is 0 Å². The Morgan fingerprint density at radius 1 is 1.24 bits per heavy atom. The van der Waals surface area contributed by atoms with E-state index in [1.807, 2.05) is 19.9 Å². The fourth-order valence-corrected chi connectivity index (χ4v) is 5.10. The van der Waals surface area contributed by atoms with Gasteiger partial charge in [0.2, 0.25) is 0 Å². The Bertz CT molecular complexity index is 1090. The smallest absolute Gasteiger partial charge is 0.253 e. The number of carbonyl (C=O) groups is 1. The molecule has 1 aromatic carbocycles. The summed E-state index contributed by atoms with van der Waals surface area (Å²) in [6.07, 6.45) is 3.24. The molecular weight excluding hydrogens is 455 g/mol. The first-order valence-corrected chi connectivity index (χ1v) is 12.5. The lowest BCUT2D eigenvalue weighted by Crippen LogP contribution is -2.44. The molecule has 3 rings (SSSR count). The number of anilines is 1. The molecule has 1 aliphatic heterocycles. The van der Waals surface area contributed by atoms with Gasteiger partial charge < -0.3 is 20.1 Å². The van der Waals surface area contributed by atoms with Gasteiger partial charge in [-0.05, 0) is 77.9 Å². The minimum absolute atomic E-state index is 0.0472. The van der Waals surface area contributed by atoms with E-state index in [2.05, 4.69) is 34.1 Å². The minimum atomic E-state index is -0.413. The summed E-state index contributed by atoms with van der Waals surface area (Å²) >= 11 is 6.46. The highest BCUT2D eigenvalue weighted by Crippen LogP contribution is 2.31. The second-order valence-corrected chi connectivity index (χ2v) is 9.64. The molecule has 0 bridgehead atoms. The van der Waals surface area contributed by atoms with Gasteiger partial charge >= 0.3 is 0 Å². The second kappa shape index (κ2) is 11.4. The number of hydrogen-bond donors (Lipinski definition) is 2. The van der Waals surface area contributed by atoms with Crippen molar-refractivity contribution < 1.29 is 9.18 Å². The zero-order valence-electron chi connectivity index (χ0n) is 20.9. The summed E-state index contributed by atoms with van der Waals surface area (Å²) in [6.45, 7) is 10.4. The number of benzene rings is 1. The number of likely N-dealkylation sites (tertiary alicyclic amines) is 1. The van der Waals surface area contributed by atoms with Crippen LogP contribution in [0.25, 0.3) is 0 Å². The summed E-state index contributed by atoms with van der Waals surface area (Å²) in [6, 6.07) is 3.97. The van der Waals surface area contributed by atoms with E-state index >= 15 is 0 Å². The number of hydrogen-bond acceptors (Lipinski definition) is 4. The highest BCUT2D eigenvalue weighted by Gasteiger charge is 2.26. The number of aromatic amines is 1. The van der Waals surface area contributed by atoms with Crippen LogP contribution < -0.4 is 15.8 Å². The van der Waals surface area contributed by atoms with Crippen LogP contribution in [0.3, 0.4) is 0 Å². The summed E-state index contributed by atoms with van der Waals surface area (Å²) in [5.74, 6) is -0.743. The second-order valence-electron chi connectivity index (χ2n) is 9.20. The molecule has 8 heteroatoms. The van der Waals surface area contributed by atoms with Crippen LogP contribution in [0.4, 0.5) is 10.1 Å². The maximum atomic E-state index is 14.7. The lowest BCUT2D eigenvalue weighted by atomic mass is 9.99. The first-order chi connectivity index (χ1) is 16.2. The minimum Gasteiger partial charge on any atom is -0.368 e. The number of nitrogens with one attached hydrogen (secondary N) is 2. The van der Waals surface area contributed by atoms with E-state index in [0.29, 0.717) is 35.0 Å². The molecule has 0 atom stereocenters. The summed E-state index contributed by atoms with van der Waals surface area (Å²) in [7, 11) is 2.14.